The number of aromatic nitrogens is 3. The van der Waals surface area contributed by atoms with E-state index in [1.807, 2.05) is 30.5 Å². The molecule has 0 aliphatic rings. The summed E-state index contributed by atoms with van der Waals surface area (Å²) >= 11 is 3.28. The average Bonchev–Trinajstić information content (AvgIpc) is 2.93. The largest absolute Gasteiger partial charge is 0.481 e. The lowest BCUT2D eigenvalue weighted by Gasteiger charge is -1.94. The van der Waals surface area contributed by atoms with Gasteiger partial charge in [0.05, 0.1) is 12.1 Å². The van der Waals surface area contributed by atoms with Crippen LogP contribution < -0.4 is 0 Å². The molecule has 2 aromatic heterocycles. The number of halogens is 1. The molecule has 0 amide bonds. The summed E-state index contributed by atoms with van der Waals surface area (Å²) < 4.78 is 0.537. The van der Waals surface area contributed by atoms with Crippen LogP contribution in [-0.4, -0.2) is 26.0 Å². The van der Waals surface area contributed by atoms with Gasteiger partial charge >= 0.3 is 5.97 Å². The fourth-order valence-electron chi connectivity index (χ4n) is 2.05. The maximum Gasteiger partial charge on any atom is 0.309 e. The number of hydrogen-bond acceptors (Lipinski definition) is 2. The molecule has 0 aliphatic carbocycles. The third kappa shape index (κ3) is 2.15. The molecule has 96 valence electrons. The summed E-state index contributed by atoms with van der Waals surface area (Å²) in [6.45, 7) is 0. The average molecular weight is 320 g/mol. The van der Waals surface area contributed by atoms with Crippen molar-refractivity contribution in [1.29, 1.82) is 0 Å². The molecule has 2 heterocycles. The van der Waals surface area contributed by atoms with Gasteiger partial charge in [-0.1, -0.05) is 18.2 Å². The number of fused-ring (bicyclic) bond motifs is 1. The van der Waals surface area contributed by atoms with Crippen LogP contribution in [0.5, 0.6) is 0 Å². The second kappa shape index (κ2) is 4.55. The van der Waals surface area contributed by atoms with Crippen molar-refractivity contribution in [3.8, 4) is 11.4 Å². The number of carboxylic acid groups (broad SMARTS) is 1. The number of aliphatic carboxylic acids is 1. The van der Waals surface area contributed by atoms with E-state index in [9.17, 15) is 4.79 Å². The molecular weight excluding hydrogens is 310 g/mol. The first-order chi connectivity index (χ1) is 9.15. The minimum absolute atomic E-state index is 0.0874. The van der Waals surface area contributed by atoms with Crippen LogP contribution in [-0.2, 0) is 11.2 Å². The van der Waals surface area contributed by atoms with Crippen LogP contribution in [0.25, 0.3) is 22.3 Å². The highest BCUT2D eigenvalue weighted by Gasteiger charge is 2.14. The van der Waals surface area contributed by atoms with Gasteiger partial charge in [-0.3, -0.25) is 4.79 Å². The Morgan fingerprint density at radius 1 is 1.37 bits per heavy atom. The van der Waals surface area contributed by atoms with Gasteiger partial charge in [0, 0.05) is 22.7 Å². The van der Waals surface area contributed by atoms with Gasteiger partial charge < -0.3 is 15.1 Å². The van der Waals surface area contributed by atoms with Gasteiger partial charge in [-0.15, -0.1) is 0 Å². The zero-order valence-corrected chi connectivity index (χ0v) is 11.4. The van der Waals surface area contributed by atoms with Crippen molar-refractivity contribution in [2.24, 2.45) is 0 Å². The van der Waals surface area contributed by atoms with Gasteiger partial charge in [0.2, 0.25) is 0 Å². The van der Waals surface area contributed by atoms with Crippen molar-refractivity contribution in [2.45, 2.75) is 6.42 Å². The summed E-state index contributed by atoms with van der Waals surface area (Å²) in [5.41, 5.74) is 2.51. The minimum atomic E-state index is -0.894. The maximum absolute atomic E-state index is 10.8. The molecule has 0 unspecified atom stereocenters. The zero-order valence-electron chi connectivity index (χ0n) is 9.77. The molecule has 0 atom stereocenters. The van der Waals surface area contributed by atoms with E-state index in [0.29, 0.717) is 16.1 Å². The van der Waals surface area contributed by atoms with E-state index in [1.165, 1.54) is 0 Å². The topological polar surface area (TPSA) is 81.8 Å². The maximum atomic E-state index is 10.8. The molecule has 0 radical (unpaired) electrons. The summed E-state index contributed by atoms with van der Waals surface area (Å²) in [6.07, 6.45) is 1.77. The van der Waals surface area contributed by atoms with Gasteiger partial charge in [0.25, 0.3) is 0 Å². The fourth-order valence-corrected chi connectivity index (χ4v) is 2.47. The number of imidazole rings is 1. The van der Waals surface area contributed by atoms with Crippen molar-refractivity contribution in [2.75, 3.05) is 0 Å². The number of nitrogens with zero attached hydrogens (tertiary/aromatic N) is 1. The zero-order chi connectivity index (χ0) is 13.4. The number of rotatable bonds is 3. The third-order valence-electron chi connectivity index (χ3n) is 2.90. The Labute approximate surface area is 116 Å². The summed E-state index contributed by atoms with van der Waals surface area (Å²) in [7, 11) is 0. The van der Waals surface area contributed by atoms with Crippen LogP contribution in [0, 0.1) is 0 Å². The predicted octanol–water partition coefficient (Wildman–Crippen LogP) is 2.95. The number of H-pyrrole nitrogens is 2. The van der Waals surface area contributed by atoms with Crippen LogP contribution in [0.2, 0.25) is 0 Å². The van der Waals surface area contributed by atoms with Gasteiger partial charge in [-0.05, 0) is 22.0 Å². The molecule has 1 aromatic carbocycles. The fraction of sp³-hybridized carbons (Fsp3) is 0.0769. The van der Waals surface area contributed by atoms with Crippen LogP contribution >= 0.6 is 15.9 Å². The summed E-state index contributed by atoms with van der Waals surface area (Å²) in [4.78, 5) is 21.3. The Kier molecular flexibility index (Phi) is 2.87. The summed E-state index contributed by atoms with van der Waals surface area (Å²) in [5, 5.41) is 9.88. The lowest BCUT2D eigenvalue weighted by atomic mass is 10.2. The van der Waals surface area contributed by atoms with Crippen LogP contribution in [0.3, 0.4) is 0 Å². The van der Waals surface area contributed by atoms with Gasteiger partial charge in [0.1, 0.15) is 10.4 Å². The first-order valence-corrected chi connectivity index (χ1v) is 6.47. The molecule has 0 spiro atoms. The highest BCUT2D eigenvalue weighted by atomic mass is 79.9. The first kappa shape index (κ1) is 12.0. The molecule has 3 aromatic rings. The molecule has 3 rings (SSSR count). The molecule has 5 nitrogen and oxygen atoms in total. The lowest BCUT2D eigenvalue weighted by Crippen LogP contribution is -2.00. The summed E-state index contributed by atoms with van der Waals surface area (Å²) in [6, 6.07) is 7.88. The van der Waals surface area contributed by atoms with Crippen molar-refractivity contribution in [3.63, 3.8) is 0 Å². The normalized spacial score (nSPS) is 11.0. The van der Waals surface area contributed by atoms with Gasteiger partial charge in [-0.2, -0.15) is 0 Å². The SMILES string of the molecule is O=C(O)Cc1[nH]c(-c2c[nH]c3ccccc23)nc1Br. The Balaban J connectivity index is 2.09. The number of benzene rings is 1. The van der Waals surface area contributed by atoms with Crippen molar-refractivity contribution in [3.05, 3.63) is 40.8 Å². The second-order valence-corrected chi connectivity index (χ2v) is 4.92. The van der Waals surface area contributed by atoms with Crippen LogP contribution in [0.15, 0.2) is 35.1 Å². The number of carboxylic acids is 1. The molecule has 6 heteroatoms. The molecule has 0 saturated heterocycles. The third-order valence-corrected chi connectivity index (χ3v) is 3.56. The quantitative estimate of drug-likeness (QED) is 0.694. The first-order valence-electron chi connectivity index (χ1n) is 5.68. The van der Waals surface area contributed by atoms with Gasteiger partial charge in [-0.25, -0.2) is 4.98 Å². The smallest absolute Gasteiger partial charge is 0.309 e. The van der Waals surface area contributed by atoms with Crippen molar-refractivity contribution >= 4 is 32.8 Å². The van der Waals surface area contributed by atoms with Crippen LogP contribution in [0.4, 0.5) is 0 Å². The number of aromatic amines is 2. The Morgan fingerprint density at radius 3 is 2.95 bits per heavy atom. The molecule has 3 N–H and O–H groups in total. The highest BCUT2D eigenvalue weighted by Crippen LogP contribution is 2.28. The molecule has 0 saturated carbocycles. The van der Waals surface area contributed by atoms with Gasteiger partial charge in [0.15, 0.2) is 0 Å². The molecular formula is C13H10BrN3O2. The predicted molar refractivity (Wildman–Crippen MR) is 74.9 cm³/mol. The second-order valence-electron chi connectivity index (χ2n) is 4.17. The molecule has 0 aliphatic heterocycles. The Morgan fingerprint density at radius 2 is 2.16 bits per heavy atom. The Hall–Kier alpha value is -2.08. The molecule has 19 heavy (non-hydrogen) atoms. The molecule has 0 bridgehead atoms. The number of hydrogen-bond donors (Lipinski definition) is 3. The number of nitrogens with one attached hydrogen (secondary N) is 2. The van der Waals surface area contributed by atoms with E-state index in [-0.39, 0.29) is 6.42 Å². The van der Waals surface area contributed by atoms with E-state index < -0.39 is 5.97 Å². The van der Waals surface area contributed by atoms with E-state index in [4.69, 9.17) is 5.11 Å². The van der Waals surface area contributed by atoms with E-state index >= 15 is 0 Å². The Bertz CT molecular complexity index is 760. The van der Waals surface area contributed by atoms with E-state index in [1.54, 1.807) is 0 Å². The van der Waals surface area contributed by atoms with E-state index in [0.717, 1.165) is 16.5 Å². The molecule has 0 fully saturated rings. The standard InChI is InChI=1S/C13H10BrN3O2/c14-12-10(5-11(18)19)16-13(17-12)8-6-15-9-4-2-1-3-7(8)9/h1-4,6,15H,5H2,(H,16,17)(H,18,19). The van der Waals surface area contributed by atoms with Crippen molar-refractivity contribution < 1.29 is 9.90 Å². The van der Waals surface area contributed by atoms with Crippen molar-refractivity contribution in [1.82, 2.24) is 15.0 Å². The van der Waals surface area contributed by atoms with E-state index in [2.05, 4.69) is 30.9 Å². The van der Waals surface area contributed by atoms with Crippen LogP contribution in [0.1, 0.15) is 5.69 Å². The minimum Gasteiger partial charge on any atom is -0.481 e. The number of para-hydroxylation sites is 1. The highest BCUT2D eigenvalue weighted by molar-refractivity contribution is 9.10. The summed E-state index contributed by atoms with van der Waals surface area (Å²) in [5.74, 6) is -0.240. The monoisotopic (exact) mass is 319 g/mol. The number of carbonyl (C=O) groups is 1. The lowest BCUT2D eigenvalue weighted by molar-refractivity contribution is -0.136.